The molecular weight excluding hydrogens is 356 g/mol. The summed E-state index contributed by atoms with van der Waals surface area (Å²) in [6, 6.07) is 11.4. The van der Waals surface area contributed by atoms with E-state index in [1.165, 1.54) is 13.2 Å². The number of hydrogen-bond acceptors (Lipinski definition) is 5. The van der Waals surface area contributed by atoms with Crippen LogP contribution < -0.4 is 9.47 Å². The molecule has 0 spiro atoms. The van der Waals surface area contributed by atoms with Crippen LogP contribution in [-0.4, -0.2) is 19.0 Å². The molecule has 2 aromatic carbocycles. The van der Waals surface area contributed by atoms with Gasteiger partial charge in [-0.3, -0.25) is 0 Å². The SMILES string of the molecule is C=CC(=O)OC1CCc2cc(-c3ccc(OC)c(OC(=O)C(=C)C)c3)ccc21. The molecule has 28 heavy (non-hydrogen) atoms. The molecular formula is C23H22O5. The summed E-state index contributed by atoms with van der Waals surface area (Å²) < 4.78 is 16.1. The van der Waals surface area contributed by atoms with Gasteiger partial charge in [0.05, 0.1) is 7.11 Å². The molecule has 0 radical (unpaired) electrons. The molecule has 5 nitrogen and oxygen atoms in total. The molecule has 0 fully saturated rings. The Labute approximate surface area is 164 Å². The normalized spacial score (nSPS) is 14.7. The molecule has 0 aliphatic heterocycles. The Morgan fingerprint density at radius 2 is 1.82 bits per heavy atom. The molecule has 0 aromatic heterocycles. The summed E-state index contributed by atoms with van der Waals surface area (Å²) in [5.41, 5.74) is 4.33. The first kappa shape index (κ1) is 19.4. The summed E-state index contributed by atoms with van der Waals surface area (Å²) in [5, 5.41) is 0. The maximum atomic E-state index is 11.9. The Morgan fingerprint density at radius 3 is 2.50 bits per heavy atom. The van der Waals surface area contributed by atoms with E-state index < -0.39 is 11.9 Å². The van der Waals surface area contributed by atoms with E-state index in [1.807, 2.05) is 18.2 Å². The molecule has 1 aliphatic carbocycles. The quantitative estimate of drug-likeness (QED) is 0.419. The van der Waals surface area contributed by atoms with Crippen molar-refractivity contribution >= 4 is 11.9 Å². The van der Waals surface area contributed by atoms with Gasteiger partial charge in [-0.25, -0.2) is 9.59 Å². The van der Waals surface area contributed by atoms with Crippen LogP contribution in [0.1, 0.15) is 30.6 Å². The highest BCUT2D eigenvalue weighted by Gasteiger charge is 2.25. The molecule has 0 saturated heterocycles. The van der Waals surface area contributed by atoms with E-state index in [0.29, 0.717) is 17.1 Å². The van der Waals surface area contributed by atoms with Crippen molar-refractivity contribution in [2.75, 3.05) is 7.11 Å². The van der Waals surface area contributed by atoms with E-state index in [1.54, 1.807) is 19.1 Å². The highest BCUT2D eigenvalue weighted by Crippen LogP contribution is 2.38. The van der Waals surface area contributed by atoms with Crippen LogP contribution in [-0.2, 0) is 20.7 Å². The number of carbonyl (C=O) groups excluding carboxylic acids is 2. The summed E-state index contributed by atoms with van der Waals surface area (Å²) in [5.74, 6) is -0.112. The second-order valence-electron chi connectivity index (χ2n) is 6.62. The summed E-state index contributed by atoms with van der Waals surface area (Å²) in [7, 11) is 1.52. The first-order chi connectivity index (χ1) is 13.4. The van der Waals surface area contributed by atoms with Crippen LogP contribution in [0.2, 0.25) is 0 Å². The molecule has 1 atom stereocenters. The Morgan fingerprint density at radius 1 is 1.11 bits per heavy atom. The highest BCUT2D eigenvalue weighted by molar-refractivity contribution is 5.89. The molecule has 5 heteroatoms. The van der Waals surface area contributed by atoms with Crippen LogP contribution in [0.4, 0.5) is 0 Å². The average Bonchev–Trinajstić information content (AvgIpc) is 3.09. The van der Waals surface area contributed by atoms with E-state index >= 15 is 0 Å². The van der Waals surface area contributed by atoms with Gasteiger partial charge in [0, 0.05) is 11.6 Å². The minimum absolute atomic E-state index is 0.238. The van der Waals surface area contributed by atoms with Gasteiger partial charge in [0.15, 0.2) is 11.5 Å². The Hall–Kier alpha value is -3.34. The van der Waals surface area contributed by atoms with Crippen LogP contribution in [0.3, 0.4) is 0 Å². The predicted octanol–water partition coefficient (Wildman–Crippen LogP) is 4.56. The van der Waals surface area contributed by atoms with Gasteiger partial charge in [0.25, 0.3) is 0 Å². The smallest absolute Gasteiger partial charge is 0.338 e. The summed E-state index contributed by atoms with van der Waals surface area (Å²) in [6.45, 7) is 8.63. The number of benzene rings is 2. The van der Waals surface area contributed by atoms with Crippen LogP contribution >= 0.6 is 0 Å². The monoisotopic (exact) mass is 378 g/mol. The van der Waals surface area contributed by atoms with Gasteiger partial charge in [-0.1, -0.05) is 37.4 Å². The van der Waals surface area contributed by atoms with Crippen molar-refractivity contribution in [2.45, 2.75) is 25.9 Å². The van der Waals surface area contributed by atoms with Gasteiger partial charge < -0.3 is 14.2 Å². The number of hydrogen-bond donors (Lipinski definition) is 0. The van der Waals surface area contributed by atoms with Crippen molar-refractivity contribution < 1.29 is 23.8 Å². The maximum Gasteiger partial charge on any atom is 0.338 e. The lowest BCUT2D eigenvalue weighted by atomic mass is 10.00. The van der Waals surface area contributed by atoms with E-state index in [2.05, 4.69) is 19.2 Å². The fraction of sp³-hybridized carbons (Fsp3) is 0.217. The van der Waals surface area contributed by atoms with Crippen LogP contribution in [0.15, 0.2) is 61.2 Å². The number of fused-ring (bicyclic) bond motifs is 1. The Kier molecular flexibility index (Phi) is 5.64. The lowest BCUT2D eigenvalue weighted by Crippen LogP contribution is -2.09. The fourth-order valence-corrected chi connectivity index (χ4v) is 3.19. The standard InChI is InChI=1S/C23H22O5/c1-5-22(24)27-19-10-8-17-12-15(6-9-18(17)19)16-7-11-20(26-4)21(13-16)28-23(25)14(2)3/h5-7,9,11-13,19H,1-2,8,10H2,3-4H3. The van der Waals surface area contributed by atoms with Gasteiger partial charge in [0.1, 0.15) is 6.10 Å². The summed E-state index contributed by atoms with van der Waals surface area (Å²) in [6.07, 6.45) is 2.52. The van der Waals surface area contributed by atoms with Crippen LogP contribution in [0, 0.1) is 0 Å². The number of aryl methyl sites for hydroxylation is 1. The second kappa shape index (κ2) is 8.13. The minimum Gasteiger partial charge on any atom is -0.493 e. The highest BCUT2D eigenvalue weighted by atomic mass is 16.6. The van der Waals surface area contributed by atoms with Crippen LogP contribution in [0.5, 0.6) is 11.5 Å². The minimum atomic E-state index is -0.503. The molecule has 1 aliphatic rings. The zero-order valence-electron chi connectivity index (χ0n) is 16.0. The second-order valence-corrected chi connectivity index (χ2v) is 6.62. The number of esters is 2. The third-order valence-electron chi connectivity index (χ3n) is 4.64. The zero-order chi connectivity index (χ0) is 20.3. The number of ether oxygens (including phenoxy) is 3. The topological polar surface area (TPSA) is 61.8 Å². The first-order valence-corrected chi connectivity index (χ1v) is 8.95. The lowest BCUT2D eigenvalue weighted by molar-refractivity contribution is -0.143. The third kappa shape index (κ3) is 3.98. The van der Waals surface area contributed by atoms with Gasteiger partial charge in [-0.2, -0.15) is 0 Å². The first-order valence-electron chi connectivity index (χ1n) is 8.95. The summed E-state index contributed by atoms with van der Waals surface area (Å²) >= 11 is 0. The van der Waals surface area contributed by atoms with Gasteiger partial charge >= 0.3 is 11.9 Å². The van der Waals surface area contributed by atoms with Gasteiger partial charge in [-0.15, -0.1) is 0 Å². The molecule has 0 heterocycles. The molecule has 1 unspecified atom stereocenters. The van der Waals surface area contributed by atoms with Gasteiger partial charge in [-0.05, 0) is 54.2 Å². The number of methoxy groups -OCH3 is 1. The van der Waals surface area contributed by atoms with E-state index in [0.717, 1.165) is 35.1 Å². The van der Waals surface area contributed by atoms with Crippen molar-refractivity contribution in [1.82, 2.24) is 0 Å². The zero-order valence-corrected chi connectivity index (χ0v) is 16.0. The molecule has 3 rings (SSSR count). The van der Waals surface area contributed by atoms with E-state index in [-0.39, 0.29) is 6.10 Å². The van der Waals surface area contributed by atoms with Gasteiger partial charge in [0.2, 0.25) is 0 Å². The molecule has 0 bridgehead atoms. The van der Waals surface area contributed by atoms with Crippen molar-refractivity contribution in [3.8, 4) is 22.6 Å². The molecule has 0 N–H and O–H groups in total. The number of carbonyl (C=O) groups is 2. The maximum absolute atomic E-state index is 11.9. The van der Waals surface area contributed by atoms with E-state index in [9.17, 15) is 9.59 Å². The molecule has 144 valence electrons. The fourth-order valence-electron chi connectivity index (χ4n) is 3.19. The lowest BCUT2D eigenvalue weighted by Gasteiger charge is -2.14. The number of rotatable bonds is 6. The Bertz CT molecular complexity index is 957. The van der Waals surface area contributed by atoms with Crippen molar-refractivity contribution in [1.29, 1.82) is 0 Å². The Balaban J connectivity index is 1.90. The molecule has 2 aromatic rings. The largest absolute Gasteiger partial charge is 0.493 e. The van der Waals surface area contributed by atoms with Crippen LogP contribution in [0.25, 0.3) is 11.1 Å². The third-order valence-corrected chi connectivity index (χ3v) is 4.64. The van der Waals surface area contributed by atoms with Crippen molar-refractivity contribution in [3.05, 3.63) is 72.3 Å². The average molecular weight is 378 g/mol. The van der Waals surface area contributed by atoms with E-state index in [4.69, 9.17) is 14.2 Å². The summed E-state index contributed by atoms with van der Waals surface area (Å²) in [4.78, 5) is 23.4. The predicted molar refractivity (Wildman–Crippen MR) is 106 cm³/mol. The van der Waals surface area contributed by atoms with Crippen molar-refractivity contribution in [3.63, 3.8) is 0 Å². The van der Waals surface area contributed by atoms with Crippen molar-refractivity contribution in [2.24, 2.45) is 0 Å². The molecule has 0 amide bonds. The molecule has 0 saturated carbocycles.